The summed E-state index contributed by atoms with van der Waals surface area (Å²) in [5, 5.41) is 3.00. The Bertz CT molecular complexity index is 1090. The zero-order valence-electron chi connectivity index (χ0n) is 18.1. The SMILES string of the molecule is Cc1ccc(C)c([C@H](C)CNC(=O)[C@@H](N=C2NS(=O)(=O)c3ccccc32)C(C)C)c1. The third-order valence-electron chi connectivity index (χ3n) is 5.38. The molecule has 1 aliphatic heterocycles. The third kappa shape index (κ3) is 4.56. The maximum Gasteiger partial charge on any atom is 0.263 e. The van der Waals surface area contributed by atoms with Gasteiger partial charge in [-0.05, 0) is 48.9 Å². The molecule has 0 aromatic heterocycles. The van der Waals surface area contributed by atoms with Crippen LogP contribution in [0.1, 0.15) is 48.9 Å². The van der Waals surface area contributed by atoms with Crippen molar-refractivity contribution in [1.29, 1.82) is 0 Å². The van der Waals surface area contributed by atoms with Crippen LogP contribution in [0, 0.1) is 19.8 Å². The summed E-state index contributed by atoms with van der Waals surface area (Å²) in [5.41, 5.74) is 4.09. The number of sulfonamides is 1. The van der Waals surface area contributed by atoms with Gasteiger partial charge in [0.25, 0.3) is 10.0 Å². The second-order valence-corrected chi connectivity index (χ2v) is 9.93. The van der Waals surface area contributed by atoms with Gasteiger partial charge in [-0.2, -0.15) is 0 Å². The molecule has 160 valence electrons. The lowest BCUT2D eigenvalue weighted by Gasteiger charge is -2.20. The Hall–Kier alpha value is -2.67. The van der Waals surface area contributed by atoms with Crippen molar-refractivity contribution in [3.63, 3.8) is 0 Å². The van der Waals surface area contributed by atoms with Gasteiger partial charge in [-0.3, -0.25) is 14.5 Å². The summed E-state index contributed by atoms with van der Waals surface area (Å²) < 4.78 is 27.1. The molecule has 1 amide bonds. The first-order valence-corrected chi connectivity index (χ1v) is 11.6. The van der Waals surface area contributed by atoms with Crippen LogP contribution < -0.4 is 10.0 Å². The van der Waals surface area contributed by atoms with Crippen LogP contribution in [0.4, 0.5) is 0 Å². The number of aliphatic imine (C=N–C) groups is 1. The lowest BCUT2D eigenvalue weighted by atomic mass is 9.94. The third-order valence-corrected chi connectivity index (χ3v) is 6.78. The van der Waals surface area contributed by atoms with E-state index >= 15 is 0 Å². The minimum atomic E-state index is -3.63. The fourth-order valence-electron chi connectivity index (χ4n) is 3.64. The number of amidine groups is 1. The molecule has 2 aromatic carbocycles. The Balaban J connectivity index is 1.78. The van der Waals surface area contributed by atoms with Crippen LogP contribution in [0.25, 0.3) is 0 Å². The Morgan fingerprint density at radius 3 is 2.50 bits per heavy atom. The van der Waals surface area contributed by atoms with Gasteiger partial charge in [-0.15, -0.1) is 0 Å². The van der Waals surface area contributed by atoms with E-state index in [2.05, 4.69) is 54.0 Å². The highest BCUT2D eigenvalue weighted by molar-refractivity contribution is 7.90. The minimum absolute atomic E-state index is 0.0919. The first-order valence-electron chi connectivity index (χ1n) is 10.1. The monoisotopic (exact) mass is 427 g/mol. The van der Waals surface area contributed by atoms with Gasteiger partial charge >= 0.3 is 0 Å². The van der Waals surface area contributed by atoms with Gasteiger partial charge in [0.15, 0.2) is 0 Å². The smallest absolute Gasteiger partial charge is 0.263 e. The van der Waals surface area contributed by atoms with Crippen LogP contribution in [-0.2, 0) is 14.8 Å². The predicted octanol–water partition coefficient (Wildman–Crippen LogP) is 3.29. The van der Waals surface area contributed by atoms with Gasteiger partial charge < -0.3 is 5.32 Å². The zero-order valence-corrected chi connectivity index (χ0v) is 18.9. The second kappa shape index (κ2) is 8.60. The molecule has 2 aromatic rings. The molecular weight excluding hydrogens is 398 g/mol. The van der Waals surface area contributed by atoms with E-state index in [0.717, 1.165) is 0 Å². The van der Waals surface area contributed by atoms with Crippen LogP contribution in [0.5, 0.6) is 0 Å². The van der Waals surface area contributed by atoms with Crippen molar-refractivity contribution in [3.05, 3.63) is 64.7 Å². The number of hydrogen-bond donors (Lipinski definition) is 2. The summed E-state index contributed by atoms with van der Waals surface area (Å²) in [6.07, 6.45) is 0. The number of nitrogens with zero attached hydrogens (tertiary/aromatic N) is 1. The van der Waals surface area contributed by atoms with Crippen LogP contribution in [0.3, 0.4) is 0 Å². The molecule has 2 atom stereocenters. The van der Waals surface area contributed by atoms with Gasteiger partial charge in [-0.25, -0.2) is 8.42 Å². The molecule has 0 radical (unpaired) electrons. The lowest BCUT2D eigenvalue weighted by Crippen LogP contribution is -2.40. The van der Waals surface area contributed by atoms with Gasteiger partial charge in [0.1, 0.15) is 11.9 Å². The maximum absolute atomic E-state index is 12.9. The van der Waals surface area contributed by atoms with E-state index < -0.39 is 16.1 Å². The highest BCUT2D eigenvalue weighted by atomic mass is 32.2. The number of carbonyl (C=O) groups excluding carboxylic acids is 1. The average Bonchev–Trinajstić information content (AvgIpc) is 2.96. The van der Waals surface area contributed by atoms with E-state index in [4.69, 9.17) is 0 Å². The Labute approximate surface area is 178 Å². The van der Waals surface area contributed by atoms with E-state index in [1.807, 2.05) is 13.8 Å². The van der Waals surface area contributed by atoms with Crippen molar-refractivity contribution in [2.75, 3.05) is 6.54 Å². The topological polar surface area (TPSA) is 87.6 Å². The molecular formula is C23H29N3O3S. The summed E-state index contributed by atoms with van der Waals surface area (Å²) in [7, 11) is -3.63. The summed E-state index contributed by atoms with van der Waals surface area (Å²) in [6, 6.07) is 12.3. The number of rotatable bonds is 6. The van der Waals surface area contributed by atoms with E-state index in [9.17, 15) is 13.2 Å². The fraction of sp³-hybridized carbons (Fsp3) is 0.391. The molecule has 0 spiro atoms. The van der Waals surface area contributed by atoms with E-state index in [0.29, 0.717) is 12.1 Å². The highest BCUT2D eigenvalue weighted by Crippen LogP contribution is 2.24. The van der Waals surface area contributed by atoms with E-state index in [1.165, 1.54) is 22.8 Å². The molecule has 2 N–H and O–H groups in total. The van der Waals surface area contributed by atoms with Crippen molar-refractivity contribution < 1.29 is 13.2 Å². The molecule has 3 rings (SSSR count). The number of amides is 1. The number of benzene rings is 2. The first kappa shape index (κ1) is 22.0. The normalized spacial score (nSPS) is 18.0. The zero-order chi connectivity index (χ0) is 22.1. The summed E-state index contributed by atoms with van der Waals surface area (Å²) in [5.74, 6) is 0.0751. The molecule has 6 nitrogen and oxygen atoms in total. The summed E-state index contributed by atoms with van der Waals surface area (Å²) in [4.78, 5) is 17.6. The number of carbonyl (C=O) groups is 1. The molecule has 0 aliphatic carbocycles. The van der Waals surface area contributed by atoms with Gasteiger partial charge in [0.05, 0.1) is 4.90 Å². The molecule has 0 saturated carbocycles. The van der Waals surface area contributed by atoms with Crippen LogP contribution >= 0.6 is 0 Å². The minimum Gasteiger partial charge on any atom is -0.354 e. The predicted molar refractivity (Wildman–Crippen MR) is 119 cm³/mol. The number of fused-ring (bicyclic) bond motifs is 1. The standard InChI is InChI=1S/C23H29N3O3S/c1-14(2)21(25-22-18-8-6-7-9-20(18)30(28,29)26-22)23(27)24-13-17(5)19-12-15(3)10-11-16(19)4/h6-12,14,17,21H,13H2,1-5H3,(H,24,27)(H,25,26)/t17-,21+/m1/s1. The molecule has 0 bridgehead atoms. The van der Waals surface area contributed by atoms with Gasteiger partial charge in [-0.1, -0.05) is 56.7 Å². The fourth-order valence-corrected chi connectivity index (χ4v) is 4.88. The van der Waals surface area contributed by atoms with Gasteiger partial charge in [0.2, 0.25) is 5.91 Å². The molecule has 1 aliphatic rings. The van der Waals surface area contributed by atoms with Gasteiger partial charge in [0, 0.05) is 12.1 Å². The number of nitrogens with one attached hydrogen (secondary N) is 2. The second-order valence-electron chi connectivity index (χ2n) is 8.27. The van der Waals surface area contributed by atoms with Crippen LogP contribution in [0.15, 0.2) is 52.4 Å². The Morgan fingerprint density at radius 1 is 1.10 bits per heavy atom. The molecule has 0 saturated heterocycles. The molecule has 1 heterocycles. The number of aryl methyl sites for hydroxylation is 2. The van der Waals surface area contributed by atoms with Crippen LogP contribution in [0.2, 0.25) is 0 Å². The Kier molecular flexibility index (Phi) is 6.31. The molecule has 30 heavy (non-hydrogen) atoms. The van der Waals surface area contributed by atoms with Crippen molar-refractivity contribution in [3.8, 4) is 0 Å². The summed E-state index contributed by atoms with van der Waals surface area (Å²) >= 11 is 0. The Morgan fingerprint density at radius 2 is 1.80 bits per heavy atom. The van der Waals surface area contributed by atoms with E-state index in [1.54, 1.807) is 18.2 Å². The average molecular weight is 428 g/mol. The quantitative estimate of drug-likeness (QED) is 0.742. The van der Waals surface area contributed by atoms with E-state index in [-0.39, 0.29) is 28.5 Å². The number of hydrogen-bond acceptors (Lipinski definition) is 4. The van der Waals surface area contributed by atoms with Crippen molar-refractivity contribution in [2.45, 2.75) is 51.5 Å². The molecule has 0 unspecified atom stereocenters. The first-order chi connectivity index (χ1) is 14.1. The van der Waals surface area contributed by atoms with Crippen molar-refractivity contribution in [1.82, 2.24) is 10.0 Å². The van der Waals surface area contributed by atoms with Crippen molar-refractivity contribution >= 4 is 21.8 Å². The molecule has 7 heteroatoms. The summed E-state index contributed by atoms with van der Waals surface area (Å²) in [6.45, 7) is 10.5. The lowest BCUT2D eigenvalue weighted by molar-refractivity contribution is -0.123. The van der Waals surface area contributed by atoms with Crippen LogP contribution in [-0.4, -0.2) is 32.7 Å². The van der Waals surface area contributed by atoms with Crippen molar-refractivity contribution in [2.24, 2.45) is 10.9 Å². The maximum atomic E-state index is 12.9. The largest absolute Gasteiger partial charge is 0.354 e. The molecule has 0 fully saturated rings. The highest BCUT2D eigenvalue weighted by Gasteiger charge is 2.32.